The molecule has 1 unspecified atom stereocenters. The van der Waals surface area contributed by atoms with Gasteiger partial charge in [-0.25, -0.2) is 18.3 Å². The largest absolute Gasteiger partial charge is 0.461 e. The number of rotatable bonds is 6. The Labute approximate surface area is 142 Å². The van der Waals surface area contributed by atoms with Gasteiger partial charge in [0.2, 0.25) is 0 Å². The van der Waals surface area contributed by atoms with Crippen molar-refractivity contribution in [3.05, 3.63) is 51.8 Å². The molecule has 8 heteroatoms. The minimum Gasteiger partial charge on any atom is -0.461 e. The average molecular weight is 357 g/mol. The number of aromatic nitrogens is 2. The van der Waals surface area contributed by atoms with Crippen LogP contribution >= 0.6 is 11.6 Å². The molecule has 0 aliphatic rings. The summed E-state index contributed by atoms with van der Waals surface area (Å²) in [5, 5.41) is 4.06. The summed E-state index contributed by atoms with van der Waals surface area (Å²) in [7, 11) is 0. The van der Waals surface area contributed by atoms with Gasteiger partial charge in [0, 0.05) is 17.5 Å². The van der Waals surface area contributed by atoms with Crippen molar-refractivity contribution >= 4 is 23.9 Å². The topological polar surface area (TPSA) is 61.2 Å². The molecule has 0 amide bonds. The molecule has 0 radical (unpaired) electrons. The Morgan fingerprint density at radius 3 is 2.79 bits per heavy atom. The van der Waals surface area contributed by atoms with Gasteiger partial charge in [-0.2, -0.15) is 5.10 Å². The van der Waals surface area contributed by atoms with E-state index in [2.05, 4.69) is 5.10 Å². The smallest absolute Gasteiger partial charge is 0.359 e. The first-order valence-corrected chi connectivity index (χ1v) is 7.61. The van der Waals surface area contributed by atoms with E-state index < -0.39 is 23.6 Å². The highest BCUT2D eigenvalue weighted by molar-refractivity contribution is 6.31. The molecule has 1 atom stereocenters. The molecule has 0 aliphatic carbocycles. The van der Waals surface area contributed by atoms with E-state index in [0.717, 1.165) is 6.07 Å². The first-order valence-electron chi connectivity index (χ1n) is 7.23. The number of carbonyl (C=O) groups excluding carboxylic acids is 2. The van der Waals surface area contributed by atoms with Crippen molar-refractivity contribution in [3.63, 3.8) is 0 Å². The monoisotopic (exact) mass is 356 g/mol. The van der Waals surface area contributed by atoms with Gasteiger partial charge in [-0.3, -0.25) is 0 Å². The number of esters is 1. The van der Waals surface area contributed by atoms with Gasteiger partial charge in [0.15, 0.2) is 17.3 Å². The van der Waals surface area contributed by atoms with Crippen molar-refractivity contribution < 1.29 is 23.1 Å². The Hall–Kier alpha value is -2.28. The molecule has 0 fully saturated rings. The fourth-order valence-corrected chi connectivity index (χ4v) is 2.66. The second-order valence-corrected chi connectivity index (χ2v) is 5.33. The fourth-order valence-electron chi connectivity index (χ4n) is 2.31. The summed E-state index contributed by atoms with van der Waals surface area (Å²) in [5.41, 5.74) is 0.0962. The maximum Gasteiger partial charge on any atom is 0.359 e. The van der Waals surface area contributed by atoms with Crippen molar-refractivity contribution in [3.8, 4) is 0 Å². The molecule has 0 saturated carbocycles. The summed E-state index contributed by atoms with van der Waals surface area (Å²) in [6, 6.07) is 2.96. The Bertz CT molecular complexity index is 777. The van der Waals surface area contributed by atoms with Gasteiger partial charge in [-0.1, -0.05) is 23.7 Å². The lowest BCUT2D eigenvalue weighted by Gasteiger charge is -2.15. The number of nitrogens with zero attached hydrogens (tertiary/aromatic N) is 2. The lowest BCUT2D eigenvalue weighted by Crippen LogP contribution is -2.13. The molecule has 1 aromatic carbocycles. The van der Waals surface area contributed by atoms with Crippen molar-refractivity contribution in [2.75, 3.05) is 6.61 Å². The van der Waals surface area contributed by atoms with E-state index in [1.165, 1.54) is 16.8 Å². The van der Waals surface area contributed by atoms with Crippen LogP contribution in [-0.2, 0) is 16.0 Å². The van der Waals surface area contributed by atoms with Crippen molar-refractivity contribution in [1.82, 2.24) is 9.78 Å². The zero-order valence-corrected chi connectivity index (χ0v) is 13.8. The number of benzene rings is 1. The standard InChI is InChI=1S/C16H15ClF2N2O3/c1-3-24-16(23)14-11(7-8-22)15(17)21(20-14)9(2)10-5-4-6-12(18)13(10)19/h4-6,8-9H,3,7H2,1-2H3. The van der Waals surface area contributed by atoms with Crippen LogP contribution in [0.25, 0.3) is 0 Å². The van der Waals surface area contributed by atoms with Crippen LogP contribution in [0.1, 0.15) is 41.5 Å². The third kappa shape index (κ3) is 3.31. The normalized spacial score (nSPS) is 12.0. The van der Waals surface area contributed by atoms with Crippen molar-refractivity contribution in [2.45, 2.75) is 26.3 Å². The van der Waals surface area contributed by atoms with E-state index in [4.69, 9.17) is 16.3 Å². The van der Waals surface area contributed by atoms with Crippen LogP contribution in [0, 0.1) is 11.6 Å². The first kappa shape index (κ1) is 18.1. The van der Waals surface area contributed by atoms with Crippen LogP contribution in [0.5, 0.6) is 0 Å². The second kappa shape index (κ2) is 7.53. The number of aldehydes is 1. The predicted molar refractivity (Wildman–Crippen MR) is 83.1 cm³/mol. The molecular formula is C16H15ClF2N2O3. The summed E-state index contributed by atoms with van der Waals surface area (Å²) in [6.45, 7) is 3.30. The minimum absolute atomic E-state index is 0.00122. The van der Waals surface area contributed by atoms with E-state index in [1.807, 2.05) is 0 Å². The van der Waals surface area contributed by atoms with Gasteiger partial charge in [-0.05, 0) is 19.9 Å². The van der Waals surface area contributed by atoms with Crippen LogP contribution in [0.2, 0.25) is 5.15 Å². The Balaban J connectivity index is 2.53. The molecule has 0 bridgehead atoms. The van der Waals surface area contributed by atoms with E-state index in [1.54, 1.807) is 13.8 Å². The summed E-state index contributed by atoms with van der Waals surface area (Å²) in [5.74, 6) is -2.76. The molecular weight excluding hydrogens is 342 g/mol. The van der Waals surface area contributed by atoms with Gasteiger partial charge in [0.05, 0.1) is 12.6 Å². The van der Waals surface area contributed by atoms with Gasteiger partial charge in [0.25, 0.3) is 0 Å². The van der Waals surface area contributed by atoms with Crippen LogP contribution in [0.4, 0.5) is 8.78 Å². The molecule has 0 aliphatic heterocycles. The van der Waals surface area contributed by atoms with E-state index in [-0.39, 0.29) is 35.0 Å². The fraction of sp³-hybridized carbons (Fsp3) is 0.312. The first-order chi connectivity index (χ1) is 11.4. The number of halogens is 3. The summed E-state index contributed by atoms with van der Waals surface area (Å²) >= 11 is 6.21. The van der Waals surface area contributed by atoms with Gasteiger partial charge < -0.3 is 9.53 Å². The zero-order valence-electron chi connectivity index (χ0n) is 13.1. The highest BCUT2D eigenvalue weighted by atomic mass is 35.5. The predicted octanol–water partition coefficient (Wildman–Crippen LogP) is 3.34. The highest BCUT2D eigenvalue weighted by Gasteiger charge is 2.26. The van der Waals surface area contributed by atoms with Gasteiger partial charge in [-0.15, -0.1) is 0 Å². The van der Waals surface area contributed by atoms with Crippen molar-refractivity contribution in [2.24, 2.45) is 0 Å². The highest BCUT2D eigenvalue weighted by Crippen LogP contribution is 2.29. The van der Waals surface area contributed by atoms with Crippen LogP contribution in [0.3, 0.4) is 0 Å². The van der Waals surface area contributed by atoms with E-state index in [0.29, 0.717) is 6.29 Å². The summed E-state index contributed by atoms with van der Waals surface area (Å²) in [6.07, 6.45) is 0.425. The lowest BCUT2D eigenvalue weighted by atomic mass is 10.1. The third-order valence-corrected chi connectivity index (χ3v) is 3.90. The van der Waals surface area contributed by atoms with E-state index >= 15 is 0 Å². The maximum absolute atomic E-state index is 14.0. The minimum atomic E-state index is -1.02. The van der Waals surface area contributed by atoms with Crippen LogP contribution in [-0.4, -0.2) is 28.6 Å². The number of hydrogen-bond donors (Lipinski definition) is 0. The average Bonchev–Trinajstić information content (AvgIpc) is 2.87. The number of ether oxygens (including phenoxy) is 1. The Morgan fingerprint density at radius 2 is 2.17 bits per heavy atom. The molecule has 0 N–H and O–H groups in total. The van der Waals surface area contributed by atoms with Crippen LogP contribution < -0.4 is 0 Å². The molecule has 24 heavy (non-hydrogen) atoms. The molecule has 0 spiro atoms. The third-order valence-electron chi connectivity index (χ3n) is 3.50. The molecule has 0 saturated heterocycles. The SMILES string of the molecule is CCOC(=O)c1nn(C(C)c2cccc(F)c2F)c(Cl)c1CC=O. The molecule has 1 heterocycles. The zero-order chi connectivity index (χ0) is 17.9. The quantitative estimate of drug-likeness (QED) is 0.588. The summed E-state index contributed by atoms with van der Waals surface area (Å²) < 4.78 is 33.5. The molecule has 1 aromatic heterocycles. The number of hydrogen-bond acceptors (Lipinski definition) is 4. The molecule has 5 nitrogen and oxygen atoms in total. The lowest BCUT2D eigenvalue weighted by molar-refractivity contribution is -0.107. The Morgan fingerprint density at radius 1 is 1.46 bits per heavy atom. The van der Waals surface area contributed by atoms with E-state index in [9.17, 15) is 18.4 Å². The Kier molecular flexibility index (Phi) is 5.66. The number of carbonyl (C=O) groups is 2. The summed E-state index contributed by atoms with van der Waals surface area (Å²) in [4.78, 5) is 22.8. The second-order valence-electron chi connectivity index (χ2n) is 4.97. The van der Waals surface area contributed by atoms with Crippen molar-refractivity contribution in [1.29, 1.82) is 0 Å². The molecule has 128 valence electrons. The maximum atomic E-state index is 14.0. The molecule has 2 aromatic rings. The van der Waals surface area contributed by atoms with Gasteiger partial charge in [0.1, 0.15) is 11.4 Å². The van der Waals surface area contributed by atoms with Crippen LogP contribution in [0.15, 0.2) is 18.2 Å². The van der Waals surface area contributed by atoms with Gasteiger partial charge >= 0.3 is 5.97 Å². The molecule has 2 rings (SSSR count).